The zero-order chi connectivity index (χ0) is 20.9. The Kier molecular flexibility index (Phi) is 6.62. The number of aromatic nitrogens is 1. The first kappa shape index (κ1) is 20.8. The van der Waals surface area contributed by atoms with E-state index in [2.05, 4.69) is 5.32 Å². The number of rotatable bonds is 6. The third kappa shape index (κ3) is 4.98. The minimum absolute atomic E-state index is 0.0797. The van der Waals surface area contributed by atoms with Crippen molar-refractivity contribution in [2.24, 2.45) is 0 Å². The summed E-state index contributed by atoms with van der Waals surface area (Å²) in [6, 6.07) is 15.0. The van der Waals surface area contributed by atoms with Gasteiger partial charge in [0.1, 0.15) is 6.54 Å². The van der Waals surface area contributed by atoms with Crippen LogP contribution in [0.5, 0.6) is 0 Å². The van der Waals surface area contributed by atoms with E-state index in [1.165, 1.54) is 11.8 Å². The van der Waals surface area contributed by atoms with Gasteiger partial charge >= 0.3 is 0 Å². The van der Waals surface area contributed by atoms with E-state index in [-0.39, 0.29) is 24.1 Å². The molecule has 0 radical (unpaired) electrons. The van der Waals surface area contributed by atoms with Crippen LogP contribution in [-0.4, -0.2) is 53.3 Å². The summed E-state index contributed by atoms with van der Waals surface area (Å²) in [6.07, 6.45) is 1.96. The predicted octanol–water partition coefficient (Wildman–Crippen LogP) is 3.88. The first-order valence-corrected chi connectivity index (χ1v) is 11.1. The highest BCUT2D eigenvalue weighted by Gasteiger charge is 2.19. The summed E-state index contributed by atoms with van der Waals surface area (Å²) in [5, 5.41) is 4.54. The highest BCUT2D eigenvalue weighted by molar-refractivity contribution is 8.00. The number of hydrogen-bond donors (Lipinski definition) is 1. The van der Waals surface area contributed by atoms with Gasteiger partial charge in [-0.1, -0.05) is 29.8 Å². The van der Waals surface area contributed by atoms with Crippen LogP contribution in [0.1, 0.15) is 0 Å². The van der Waals surface area contributed by atoms with Crippen molar-refractivity contribution in [1.82, 2.24) is 9.47 Å². The zero-order valence-corrected chi connectivity index (χ0v) is 17.9. The molecule has 4 rings (SSSR count). The smallest absolute Gasteiger partial charge is 0.242 e. The van der Waals surface area contributed by atoms with Gasteiger partial charge in [-0.2, -0.15) is 0 Å². The normalized spacial score (nSPS) is 14.1. The quantitative estimate of drug-likeness (QED) is 0.587. The van der Waals surface area contributed by atoms with Crippen molar-refractivity contribution in [2.75, 3.05) is 37.4 Å². The van der Waals surface area contributed by atoms with E-state index in [4.69, 9.17) is 16.3 Å². The Morgan fingerprint density at radius 2 is 1.80 bits per heavy atom. The maximum absolute atomic E-state index is 12.7. The van der Waals surface area contributed by atoms with E-state index < -0.39 is 0 Å². The average Bonchev–Trinajstić information content (AvgIpc) is 3.12. The second-order valence-electron chi connectivity index (χ2n) is 6.98. The summed E-state index contributed by atoms with van der Waals surface area (Å²) in [7, 11) is 0. The van der Waals surface area contributed by atoms with Crippen LogP contribution in [0.4, 0.5) is 5.69 Å². The van der Waals surface area contributed by atoms with Gasteiger partial charge in [-0.05, 0) is 30.3 Å². The lowest BCUT2D eigenvalue weighted by atomic mass is 10.2. The van der Waals surface area contributed by atoms with Crippen molar-refractivity contribution >= 4 is 51.8 Å². The van der Waals surface area contributed by atoms with Gasteiger partial charge in [-0.25, -0.2) is 0 Å². The number of morpholine rings is 1. The second-order valence-corrected chi connectivity index (χ2v) is 8.43. The first-order valence-electron chi connectivity index (χ1n) is 9.72. The SMILES string of the molecule is O=C(CSc1cn(CC(=O)N2CCOCC2)c2ccccc12)Nc1ccc(Cl)cc1. The van der Waals surface area contributed by atoms with Gasteiger partial charge in [0.15, 0.2) is 0 Å². The van der Waals surface area contributed by atoms with Gasteiger partial charge < -0.3 is 19.5 Å². The number of fused-ring (bicyclic) bond motifs is 1. The molecule has 0 saturated carbocycles. The van der Waals surface area contributed by atoms with E-state index in [9.17, 15) is 9.59 Å². The summed E-state index contributed by atoms with van der Waals surface area (Å²) in [6.45, 7) is 2.71. The van der Waals surface area contributed by atoms with E-state index in [0.717, 1.165) is 15.8 Å². The Morgan fingerprint density at radius 1 is 1.07 bits per heavy atom. The van der Waals surface area contributed by atoms with Gasteiger partial charge in [-0.15, -0.1) is 11.8 Å². The molecule has 0 unspecified atom stereocenters. The molecule has 2 heterocycles. The molecule has 8 heteroatoms. The number of nitrogens with one attached hydrogen (secondary N) is 1. The minimum Gasteiger partial charge on any atom is -0.378 e. The fourth-order valence-electron chi connectivity index (χ4n) is 3.39. The van der Waals surface area contributed by atoms with Crippen molar-refractivity contribution in [1.29, 1.82) is 0 Å². The Balaban J connectivity index is 1.44. The number of para-hydroxylation sites is 1. The summed E-state index contributed by atoms with van der Waals surface area (Å²) in [5.74, 6) is 0.258. The van der Waals surface area contributed by atoms with E-state index in [1.54, 1.807) is 24.3 Å². The fourth-order valence-corrected chi connectivity index (χ4v) is 4.41. The number of carbonyl (C=O) groups is 2. The molecular formula is C22H22ClN3O3S. The molecule has 1 aromatic heterocycles. The lowest BCUT2D eigenvalue weighted by molar-refractivity contribution is -0.135. The number of thioether (sulfide) groups is 1. The standard InChI is InChI=1S/C22H22ClN3O3S/c23-16-5-7-17(8-6-16)24-21(27)15-30-20-13-26(19-4-2-1-3-18(19)20)14-22(28)25-9-11-29-12-10-25/h1-8,13H,9-12,14-15H2,(H,24,27). The molecule has 1 saturated heterocycles. The third-order valence-corrected chi connectivity index (χ3v) is 6.20. The lowest BCUT2D eigenvalue weighted by Crippen LogP contribution is -2.42. The Morgan fingerprint density at radius 3 is 2.57 bits per heavy atom. The number of anilines is 1. The van der Waals surface area contributed by atoms with E-state index >= 15 is 0 Å². The van der Waals surface area contributed by atoms with Crippen LogP contribution in [0.25, 0.3) is 10.9 Å². The summed E-state index contributed by atoms with van der Waals surface area (Å²) < 4.78 is 7.29. The number of amides is 2. The average molecular weight is 444 g/mol. The fraction of sp³-hybridized carbons (Fsp3) is 0.273. The number of benzene rings is 2. The summed E-state index contributed by atoms with van der Waals surface area (Å²) in [4.78, 5) is 27.9. The lowest BCUT2D eigenvalue weighted by Gasteiger charge is -2.27. The molecule has 0 spiro atoms. The van der Waals surface area contributed by atoms with Crippen LogP contribution in [0.15, 0.2) is 59.6 Å². The molecule has 0 aliphatic carbocycles. The number of nitrogens with zero attached hydrogens (tertiary/aromatic N) is 2. The van der Waals surface area contributed by atoms with Crippen molar-refractivity contribution < 1.29 is 14.3 Å². The second kappa shape index (κ2) is 9.55. The Bertz CT molecular complexity index is 1050. The minimum atomic E-state index is -0.0939. The Labute approximate surface area is 184 Å². The summed E-state index contributed by atoms with van der Waals surface area (Å²) >= 11 is 7.34. The topological polar surface area (TPSA) is 63.6 Å². The van der Waals surface area contributed by atoms with Gasteiger partial charge in [0.2, 0.25) is 11.8 Å². The molecule has 30 heavy (non-hydrogen) atoms. The van der Waals surface area contributed by atoms with Crippen LogP contribution in [0.3, 0.4) is 0 Å². The number of ether oxygens (including phenoxy) is 1. The van der Waals surface area contributed by atoms with Crippen LogP contribution >= 0.6 is 23.4 Å². The van der Waals surface area contributed by atoms with Crippen molar-refractivity contribution in [3.63, 3.8) is 0 Å². The number of halogens is 1. The number of hydrogen-bond acceptors (Lipinski definition) is 4. The third-order valence-electron chi connectivity index (χ3n) is 4.91. The van der Waals surface area contributed by atoms with E-state index in [1.807, 2.05) is 39.9 Å². The van der Waals surface area contributed by atoms with Gasteiger partial charge in [-0.3, -0.25) is 9.59 Å². The molecule has 6 nitrogen and oxygen atoms in total. The molecule has 1 fully saturated rings. The molecule has 1 aliphatic rings. The molecule has 3 aromatic rings. The molecule has 1 N–H and O–H groups in total. The highest BCUT2D eigenvalue weighted by atomic mass is 35.5. The maximum atomic E-state index is 12.7. The van der Waals surface area contributed by atoms with Crippen molar-refractivity contribution in [3.8, 4) is 0 Å². The summed E-state index contributed by atoms with van der Waals surface area (Å²) in [5.41, 5.74) is 1.70. The molecule has 0 atom stereocenters. The molecule has 156 valence electrons. The van der Waals surface area contributed by atoms with Crippen LogP contribution in [0.2, 0.25) is 5.02 Å². The molecular weight excluding hydrogens is 422 g/mol. The monoisotopic (exact) mass is 443 g/mol. The zero-order valence-electron chi connectivity index (χ0n) is 16.3. The largest absolute Gasteiger partial charge is 0.378 e. The Hall–Kier alpha value is -2.48. The van der Waals surface area contributed by atoms with E-state index in [0.29, 0.717) is 37.0 Å². The van der Waals surface area contributed by atoms with Gasteiger partial charge in [0.05, 0.1) is 19.0 Å². The predicted molar refractivity (Wildman–Crippen MR) is 120 cm³/mol. The van der Waals surface area contributed by atoms with Crippen molar-refractivity contribution in [2.45, 2.75) is 11.4 Å². The molecule has 2 aromatic carbocycles. The van der Waals surface area contributed by atoms with Gasteiger partial charge in [0, 0.05) is 45.8 Å². The van der Waals surface area contributed by atoms with Crippen molar-refractivity contribution in [3.05, 3.63) is 59.8 Å². The molecule has 2 amide bonds. The number of carbonyl (C=O) groups excluding carboxylic acids is 2. The molecule has 1 aliphatic heterocycles. The maximum Gasteiger partial charge on any atom is 0.242 e. The first-order chi connectivity index (χ1) is 14.6. The van der Waals surface area contributed by atoms with Crippen LogP contribution < -0.4 is 5.32 Å². The van der Waals surface area contributed by atoms with Crippen LogP contribution in [0, 0.1) is 0 Å². The highest BCUT2D eigenvalue weighted by Crippen LogP contribution is 2.30. The molecule has 0 bridgehead atoms. The van der Waals surface area contributed by atoms with Gasteiger partial charge in [0.25, 0.3) is 0 Å². The van der Waals surface area contributed by atoms with Crippen LogP contribution in [-0.2, 0) is 20.9 Å².